The highest BCUT2D eigenvalue weighted by Gasteiger charge is 2.41. The van der Waals surface area contributed by atoms with E-state index in [1.54, 1.807) is 0 Å². The summed E-state index contributed by atoms with van der Waals surface area (Å²) in [4.78, 5) is 0. The van der Waals surface area contributed by atoms with Gasteiger partial charge in [-0.15, -0.1) is 0 Å². The summed E-state index contributed by atoms with van der Waals surface area (Å²) in [6, 6.07) is 0. The molecule has 0 aromatic rings. The van der Waals surface area contributed by atoms with Crippen LogP contribution in [0.25, 0.3) is 0 Å². The Labute approximate surface area is 74.7 Å². The zero-order valence-corrected chi connectivity index (χ0v) is 8.46. The van der Waals surface area contributed by atoms with Crippen molar-refractivity contribution >= 4 is 5.71 Å². The molecule has 2 nitrogen and oxygen atoms in total. The van der Waals surface area contributed by atoms with Crippen molar-refractivity contribution in [1.29, 1.82) is 0 Å². The van der Waals surface area contributed by atoms with Gasteiger partial charge in [0.25, 0.3) is 0 Å². The molecule has 1 rings (SSSR count). The summed E-state index contributed by atoms with van der Waals surface area (Å²) < 4.78 is 0. The summed E-state index contributed by atoms with van der Waals surface area (Å²) in [6.07, 6.45) is 2.14. The Balaban J connectivity index is 2.85. The van der Waals surface area contributed by atoms with E-state index in [-0.39, 0.29) is 5.41 Å². The molecule has 0 spiro atoms. The van der Waals surface area contributed by atoms with Crippen molar-refractivity contribution in [1.82, 2.24) is 0 Å². The van der Waals surface area contributed by atoms with Gasteiger partial charge in [-0.3, -0.25) is 0 Å². The predicted molar refractivity (Wildman–Crippen MR) is 50.6 cm³/mol. The Bertz CT molecular complexity index is 194. The van der Waals surface area contributed by atoms with E-state index in [2.05, 4.69) is 32.9 Å². The molecule has 0 bridgehead atoms. The average molecular weight is 169 g/mol. The summed E-state index contributed by atoms with van der Waals surface area (Å²) >= 11 is 0. The molecule has 0 heterocycles. The highest BCUT2D eigenvalue weighted by Crippen LogP contribution is 2.44. The van der Waals surface area contributed by atoms with Gasteiger partial charge in [-0.05, 0) is 24.7 Å². The molecular formula is C10H19NO. The van der Waals surface area contributed by atoms with E-state index in [0.717, 1.165) is 12.1 Å². The van der Waals surface area contributed by atoms with Gasteiger partial charge in [0.05, 0.1) is 5.71 Å². The number of hydrogen-bond acceptors (Lipinski definition) is 2. The quantitative estimate of drug-likeness (QED) is 0.475. The molecule has 1 aliphatic rings. The predicted octanol–water partition coefficient (Wildman–Crippen LogP) is 2.91. The van der Waals surface area contributed by atoms with Gasteiger partial charge in [-0.2, -0.15) is 0 Å². The molecule has 1 N–H and O–H groups in total. The lowest BCUT2D eigenvalue weighted by Gasteiger charge is -2.29. The monoisotopic (exact) mass is 169 g/mol. The number of oxime groups is 1. The van der Waals surface area contributed by atoms with Gasteiger partial charge in [-0.1, -0.05) is 32.9 Å². The smallest absolute Gasteiger partial charge is 0.0629 e. The van der Waals surface area contributed by atoms with Crippen molar-refractivity contribution in [3.05, 3.63) is 0 Å². The van der Waals surface area contributed by atoms with Crippen LogP contribution in [0.5, 0.6) is 0 Å². The van der Waals surface area contributed by atoms with E-state index in [1.807, 2.05) is 0 Å². The fourth-order valence-corrected chi connectivity index (χ4v) is 2.53. The van der Waals surface area contributed by atoms with Crippen LogP contribution in [-0.4, -0.2) is 10.9 Å². The largest absolute Gasteiger partial charge is 0.411 e. The molecule has 1 fully saturated rings. The van der Waals surface area contributed by atoms with Crippen molar-refractivity contribution in [2.24, 2.45) is 22.4 Å². The highest BCUT2D eigenvalue weighted by atomic mass is 16.4. The van der Waals surface area contributed by atoms with E-state index in [9.17, 15) is 0 Å². The molecule has 2 heteroatoms. The molecular weight excluding hydrogens is 150 g/mol. The molecule has 0 radical (unpaired) electrons. The number of nitrogens with zero attached hydrogens (tertiary/aromatic N) is 1. The number of rotatable bonds is 1. The second-order valence-corrected chi connectivity index (χ2v) is 4.66. The second kappa shape index (κ2) is 3.08. The Morgan fingerprint density at radius 3 is 2.33 bits per heavy atom. The Morgan fingerprint density at radius 1 is 1.50 bits per heavy atom. The molecule has 1 aliphatic carbocycles. The van der Waals surface area contributed by atoms with Gasteiger partial charge in [-0.25, -0.2) is 0 Å². The van der Waals surface area contributed by atoms with Crippen LogP contribution in [0, 0.1) is 17.3 Å². The van der Waals surface area contributed by atoms with Crippen molar-refractivity contribution in [3.8, 4) is 0 Å². The van der Waals surface area contributed by atoms with Crippen molar-refractivity contribution < 1.29 is 5.21 Å². The van der Waals surface area contributed by atoms with Gasteiger partial charge in [0, 0.05) is 5.41 Å². The van der Waals surface area contributed by atoms with E-state index in [0.29, 0.717) is 11.8 Å². The Kier molecular flexibility index (Phi) is 2.45. The second-order valence-electron chi connectivity index (χ2n) is 4.66. The maximum atomic E-state index is 8.79. The maximum absolute atomic E-state index is 8.79. The maximum Gasteiger partial charge on any atom is 0.0629 e. The van der Waals surface area contributed by atoms with Crippen molar-refractivity contribution in [2.75, 3.05) is 0 Å². The zero-order valence-electron chi connectivity index (χ0n) is 8.46. The summed E-state index contributed by atoms with van der Waals surface area (Å²) in [6.45, 7) is 8.85. The molecule has 12 heavy (non-hydrogen) atoms. The Morgan fingerprint density at radius 2 is 2.08 bits per heavy atom. The van der Waals surface area contributed by atoms with Gasteiger partial charge >= 0.3 is 0 Å². The van der Waals surface area contributed by atoms with E-state index < -0.39 is 0 Å². The third kappa shape index (κ3) is 1.35. The molecule has 0 aliphatic heterocycles. The lowest BCUT2D eigenvalue weighted by Crippen LogP contribution is -2.28. The fraction of sp³-hybridized carbons (Fsp3) is 0.900. The molecule has 0 aromatic carbocycles. The minimum Gasteiger partial charge on any atom is -0.411 e. The summed E-state index contributed by atoms with van der Waals surface area (Å²) in [5, 5.41) is 12.2. The summed E-state index contributed by atoms with van der Waals surface area (Å²) in [5.74, 6) is 1.35. The Hall–Kier alpha value is -0.530. The van der Waals surface area contributed by atoms with Crippen molar-refractivity contribution in [3.63, 3.8) is 0 Å². The van der Waals surface area contributed by atoms with Gasteiger partial charge in [0.15, 0.2) is 0 Å². The topological polar surface area (TPSA) is 32.6 Å². The van der Waals surface area contributed by atoms with Crippen LogP contribution in [0.4, 0.5) is 0 Å². The molecule has 0 aromatic heterocycles. The molecule has 1 unspecified atom stereocenters. The molecule has 1 atom stereocenters. The van der Waals surface area contributed by atoms with E-state index in [1.165, 1.54) is 6.42 Å². The summed E-state index contributed by atoms with van der Waals surface area (Å²) in [7, 11) is 0. The lowest BCUT2D eigenvalue weighted by atomic mass is 9.75. The SMILES string of the molecule is CC(C)C1CCC(=NO)C1(C)C. The van der Waals surface area contributed by atoms with Crippen LogP contribution >= 0.6 is 0 Å². The van der Waals surface area contributed by atoms with Crippen LogP contribution in [0.15, 0.2) is 5.16 Å². The van der Waals surface area contributed by atoms with Crippen LogP contribution < -0.4 is 0 Å². The standard InChI is InChI=1S/C10H19NO/c1-7(2)8-5-6-9(11-12)10(8,3)4/h7-8,12H,5-6H2,1-4H3. The van der Waals surface area contributed by atoms with Crippen LogP contribution in [0.1, 0.15) is 40.5 Å². The zero-order chi connectivity index (χ0) is 9.35. The molecule has 1 saturated carbocycles. The molecule has 0 saturated heterocycles. The van der Waals surface area contributed by atoms with Crippen molar-refractivity contribution in [2.45, 2.75) is 40.5 Å². The van der Waals surface area contributed by atoms with Gasteiger partial charge < -0.3 is 5.21 Å². The highest BCUT2D eigenvalue weighted by molar-refractivity contribution is 5.91. The molecule has 70 valence electrons. The third-order valence-corrected chi connectivity index (χ3v) is 3.29. The average Bonchev–Trinajstić information content (AvgIpc) is 2.24. The van der Waals surface area contributed by atoms with E-state index >= 15 is 0 Å². The summed E-state index contributed by atoms with van der Waals surface area (Å²) in [5.41, 5.74) is 1.07. The first-order valence-corrected chi connectivity index (χ1v) is 4.71. The van der Waals surface area contributed by atoms with Crippen LogP contribution in [0.3, 0.4) is 0 Å². The van der Waals surface area contributed by atoms with Gasteiger partial charge in [0.1, 0.15) is 0 Å². The fourth-order valence-electron chi connectivity index (χ4n) is 2.53. The number of hydrogen-bond donors (Lipinski definition) is 1. The minimum absolute atomic E-state index is 0.100. The first-order chi connectivity index (χ1) is 5.50. The van der Waals surface area contributed by atoms with Gasteiger partial charge in [0.2, 0.25) is 0 Å². The first kappa shape index (κ1) is 9.56. The van der Waals surface area contributed by atoms with Crippen LogP contribution in [0.2, 0.25) is 0 Å². The molecule has 0 amide bonds. The minimum atomic E-state index is 0.100. The normalized spacial score (nSPS) is 31.8. The van der Waals surface area contributed by atoms with E-state index in [4.69, 9.17) is 5.21 Å². The van der Waals surface area contributed by atoms with Crippen LogP contribution in [-0.2, 0) is 0 Å². The first-order valence-electron chi connectivity index (χ1n) is 4.71. The lowest BCUT2D eigenvalue weighted by molar-refractivity contribution is 0.242. The third-order valence-electron chi connectivity index (χ3n) is 3.29.